The van der Waals surface area contributed by atoms with Gasteiger partial charge in [0.15, 0.2) is 0 Å². The molecule has 0 aromatic heterocycles. The number of carbonyl (C=O) groups is 1. The van der Waals surface area contributed by atoms with Crippen LogP contribution >= 0.6 is 12.4 Å². The SMILES string of the molecule is CC(C)(CN)NC(=O)c1ccc(OCC2CC2)cc1.Cl. The summed E-state index contributed by atoms with van der Waals surface area (Å²) in [5.41, 5.74) is 5.83. The van der Waals surface area contributed by atoms with Crippen LogP contribution in [0.5, 0.6) is 5.75 Å². The molecule has 1 fully saturated rings. The molecule has 4 nitrogen and oxygen atoms in total. The summed E-state index contributed by atoms with van der Waals surface area (Å²) in [6.07, 6.45) is 2.54. The maximum Gasteiger partial charge on any atom is 0.251 e. The van der Waals surface area contributed by atoms with Crippen LogP contribution in [0.15, 0.2) is 24.3 Å². The lowest BCUT2D eigenvalue weighted by Gasteiger charge is -2.24. The molecule has 1 aromatic rings. The number of amides is 1. The van der Waals surface area contributed by atoms with Gasteiger partial charge in [0.25, 0.3) is 5.91 Å². The van der Waals surface area contributed by atoms with Crippen LogP contribution in [-0.2, 0) is 0 Å². The number of ether oxygens (including phenoxy) is 1. The fourth-order valence-corrected chi connectivity index (χ4v) is 1.63. The molecule has 1 aliphatic carbocycles. The lowest BCUT2D eigenvalue weighted by atomic mass is 10.1. The number of benzene rings is 1. The fraction of sp³-hybridized carbons (Fsp3) is 0.533. The summed E-state index contributed by atoms with van der Waals surface area (Å²) in [6, 6.07) is 7.24. The van der Waals surface area contributed by atoms with Gasteiger partial charge in [0, 0.05) is 17.6 Å². The average Bonchev–Trinajstić information content (AvgIpc) is 3.20. The van der Waals surface area contributed by atoms with E-state index in [1.807, 2.05) is 26.0 Å². The van der Waals surface area contributed by atoms with E-state index in [2.05, 4.69) is 5.32 Å². The van der Waals surface area contributed by atoms with Crippen LogP contribution < -0.4 is 15.8 Å². The lowest BCUT2D eigenvalue weighted by molar-refractivity contribution is 0.0915. The van der Waals surface area contributed by atoms with E-state index in [0.717, 1.165) is 18.3 Å². The van der Waals surface area contributed by atoms with E-state index in [4.69, 9.17) is 10.5 Å². The van der Waals surface area contributed by atoms with Crippen LogP contribution in [0.4, 0.5) is 0 Å². The Morgan fingerprint density at radius 3 is 2.45 bits per heavy atom. The second kappa shape index (κ2) is 6.95. The van der Waals surface area contributed by atoms with Gasteiger partial charge in [-0.3, -0.25) is 4.79 Å². The first kappa shape index (κ1) is 16.8. The number of rotatable bonds is 6. The highest BCUT2D eigenvalue weighted by atomic mass is 35.5. The topological polar surface area (TPSA) is 64.3 Å². The zero-order chi connectivity index (χ0) is 13.9. The number of nitrogens with one attached hydrogen (secondary N) is 1. The predicted octanol–water partition coefficient (Wildman–Crippen LogP) is 2.36. The Hall–Kier alpha value is -1.26. The standard InChI is InChI=1S/C15H22N2O2.ClH/c1-15(2,10-16)17-14(18)12-5-7-13(8-6-12)19-9-11-3-4-11;/h5-8,11H,3-4,9-10,16H2,1-2H3,(H,17,18);1H. The molecule has 0 bridgehead atoms. The molecule has 0 radical (unpaired) electrons. The minimum atomic E-state index is -0.391. The average molecular weight is 299 g/mol. The van der Waals surface area contributed by atoms with Gasteiger partial charge in [-0.1, -0.05) is 0 Å². The van der Waals surface area contributed by atoms with E-state index in [1.54, 1.807) is 12.1 Å². The quantitative estimate of drug-likeness (QED) is 0.847. The van der Waals surface area contributed by atoms with E-state index in [9.17, 15) is 4.79 Å². The summed E-state index contributed by atoms with van der Waals surface area (Å²) >= 11 is 0. The number of hydrogen-bond donors (Lipinski definition) is 2. The lowest BCUT2D eigenvalue weighted by Crippen LogP contribution is -2.48. The molecule has 20 heavy (non-hydrogen) atoms. The third kappa shape index (κ3) is 5.02. The van der Waals surface area contributed by atoms with Crippen molar-refractivity contribution in [1.29, 1.82) is 0 Å². The van der Waals surface area contributed by atoms with Gasteiger partial charge < -0.3 is 15.8 Å². The normalized spacial score (nSPS) is 14.3. The smallest absolute Gasteiger partial charge is 0.251 e. The van der Waals surface area contributed by atoms with Gasteiger partial charge in [0.05, 0.1) is 6.61 Å². The van der Waals surface area contributed by atoms with E-state index >= 15 is 0 Å². The second-order valence-corrected chi connectivity index (χ2v) is 5.82. The molecule has 0 spiro atoms. The monoisotopic (exact) mass is 298 g/mol. The van der Waals surface area contributed by atoms with Gasteiger partial charge in [0.1, 0.15) is 5.75 Å². The van der Waals surface area contributed by atoms with Gasteiger partial charge >= 0.3 is 0 Å². The molecule has 3 N–H and O–H groups in total. The minimum absolute atomic E-state index is 0. The van der Waals surface area contributed by atoms with Gasteiger partial charge in [-0.05, 0) is 56.9 Å². The van der Waals surface area contributed by atoms with Crippen molar-refractivity contribution < 1.29 is 9.53 Å². The van der Waals surface area contributed by atoms with Gasteiger partial charge in [-0.25, -0.2) is 0 Å². The zero-order valence-corrected chi connectivity index (χ0v) is 12.8. The van der Waals surface area contributed by atoms with Crippen molar-refractivity contribution in [1.82, 2.24) is 5.32 Å². The number of halogens is 1. The minimum Gasteiger partial charge on any atom is -0.493 e. The molecule has 2 rings (SSSR count). The van der Waals surface area contributed by atoms with Crippen molar-refractivity contribution >= 4 is 18.3 Å². The third-order valence-corrected chi connectivity index (χ3v) is 3.26. The molecular formula is C15H23ClN2O2. The van der Waals surface area contributed by atoms with Gasteiger partial charge in [-0.2, -0.15) is 0 Å². The first-order valence-corrected chi connectivity index (χ1v) is 6.75. The first-order valence-electron chi connectivity index (χ1n) is 6.75. The Labute approximate surface area is 126 Å². The van der Waals surface area contributed by atoms with E-state index in [1.165, 1.54) is 12.8 Å². The van der Waals surface area contributed by atoms with Crippen molar-refractivity contribution in [3.63, 3.8) is 0 Å². The summed E-state index contributed by atoms with van der Waals surface area (Å²) in [4.78, 5) is 12.0. The van der Waals surface area contributed by atoms with Crippen LogP contribution in [0.1, 0.15) is 37.0 Å². The highest BCUT2D eigenvalue weighted by Crippen LogP contribution is 2.29. The molecule has 1 amide bonds. The Bertz CT molecular complexity index is 442. The Kier molecular flexibility index (Phi) is 5.84. The van der Waals surface area contributed by atoms with E-state index < -0.39 is 5.54 Å². The molecule has 5 heteroatoms. The predicted molar refractivity (Wildman–Crippen MR) is 82.5 cm³/mol. The summed E-state index contributed by atoms with van der Waals surface area (Å²) in [5, 5.41) is 2.90. The number of hydrogen-bond acceptors (Lipinski definition) is 3. The maximum absolute atomic E-state index is 12.0. The highest BCUT2D eigenvalue weighted by molar-refractivity contribution is 5.94. The second-order valence-electron chi connectivity index (χ2n) is 5.82. The molecular weight excluding hydrogens is 276 g/mol. The van der Waals surface area contributed by atoms with Gasteiger partial charge in [-0.15, -0.1) is 12.4 Å². The number of carbonyl (C=O) groups excluding carboxylic acids is 1. The van der Waals surface area contributed by atoms with Crippen molar-refractivity contribution in [3.8, 4) is 5.75 Å². The third-order valence-electron chi connectivity index (χ3n) is 3.26. The van der Waals surface area contributed by atoms with E-state index in [-0.39, 0.29) is 18.3 Å². The largest absolute Gasteiger partial charge is 0.493 e. The molecule has 1 aliphatic rings. The van der Waals surface area contributed by atoms with Crippen molar-refractivity contribution in [3.05, 3.63) is 29.8 Å². The zero-order valence-electron chi connectivity index (χ0n) is 12.0. The molecule has 112 valence electrons. The summed E-state index contributed by atoms with van der Waals surface area (Å²) in [6.45, 7) is 4.99. The molecule has 1 saturated carbocycles. The van der Waals surface area contributed by atoms with E-state index in [0.29, 0.717) is 12.1 Å². The van der Waals surface area contributed by atoms with Crippen LogP contribution in [0, 0.1) is 5.92 Å². The van der Waals surface area contributed by atoms with Crippen molar-refractivity contribution in [2.24, 2.45) is 11.7 Å². The highest BCUT2D eigenvalue weighted by Gasteiger charge is 2.22. The Morgan fingerprint density at radius 1 is 1.35 bits per heavy atom. The summed E-state index contributed by atoms with van der Waals surface area (Å²) < 4.78 is 5.64. The summed E-state index contributed by atoms with van der Waals surface area (Å²) in [7, 11) is 0. The van der Waals surface area contributed by atoms with Gasteiger partial charge in [0.2, 0.25) is 0 Å². The van der Waals surface area contributed by atoms with Crippen LogP contribution in [0.25, 0.3) is 0 Å². The van der Waals surface area contributed by atoms with Crippen molar-refractivity contribution in [2.45, 2.75) is 32.2 Å². The Balaban J connectivity index is 0.00000200. The number of nitrogens with two attached hydrogens (primary N) is 1. The Morgan fingerprint density at radius 2 is 1.95 bits per heavy atom. The molecule has 0 aliphatic heterocycles. The van der Waals surface area contributed by atoms with Crippen LogP contribution in [0.2, 0.25) is 0 Å². The molecule has 0 atom stereocenters. The maximum atomic E-state index is 12.0. The first-order chi connectivity index (χ1) is 9.00. The molecule has 0 heterocycles. The van der Waals surface area contributed by atoms with Crippen LogP contribution in [0.3, 0.4) is 0 Å². The summed E-state index contributed by atoms with van der Waals surface area (Å²) in [5.74, 6) is 1.44. The molecule has 0 unspecified atom stereocenters. The fourth-order valence-electron chi connectivity index (χ4n) is 1.63. The molecule has 1 aromatic carbocycles. The van der Waals surface area contributed by atoms with Crippen LogP contribution in [-0.4, -0.2) is 24.6 Å². The molecule has 0 saturated heterocycles. The van der Waals surface area contributed by atoms with Crippen molar-refractivity contribution in [2.75, 3.05) is 13.2 Å².